The fourth-order valence-electron chi connectivity index (χ4n) is 2.87. The summed E-state index contributed by atoms with van der Waals surface area (Å²) in [5.41, 5.74) is 1.95. The van der Waals surface area contributed by atoms with E-state index in [0.717, 1.165) is 5.56 Å². The maximum Gasteiger partial charge on any atom is 0.337 e. The van der Waals surface area contributed by atoms with Gasteiger partial charge in [0.15, 0.2) is 10.9 Å². The van der Waals surface area contributed by atoms with Crippen LogP contribution in [0.1, 0.15) is 38.2 Å². The highest BCUT2D eigenvalue weighted by atomic mass is 32.1. The number of benzene rings is 1. The summed E-state index contributed by atoms with van der Waals surface area (Å²) in [5.74, 6) is -0.453. The molecule has 0 aliphatic carbocycles. The van der Waals surface area contributed by atoms with Crippen molar-refractivity contribution >= 4 is 34.3 Å². The van der Waals surface area contributed by atoms with Gasteiger partial charge in [0.25, 0.3) is 0 Å². The number of aryl methyl sites for hydroxylation is 1. The zero-order chi connectivity index (χ0) is 18.8. The summed E-state index contributed by atoms with van der Waals surface area (Å²) >= 11 is 1.24. The van der Waals surface area contributed by atoms with Crippen LogP contribution < -0.4 is 4.90 Å². The molecule has 0 bridgehead atoms. The van der Waals surface area contributed by atoms with Crippen molar-refractivity contribution in [2.45, 2.75) is 20.4 Å². The molecule has 2 heterocycles. The number of rotatable bonds is 5. The minimum absolute atomic E-state index is 0.0469. The van der Waals surface area contributed by atoms with Gasteiger partial charge in [-0.15, -0.1) is 0 Å². The molecule has 1 aliphatic rings. The number of methoxy groups -OCH3 is 1. The molecule has 1 saturated heterocycles. The van der Waals surface area contributed by atoms with E-state index in [1.54, 1.807) is 34.9 Å². The van der Waals surface area contributed by atoms with Crippen molar-refractivity contribution in [3.05, 3.63) is 46.0 Å². The quantitative estimate of drug-likeness (QED) is 0.595. The van der Waals surface area contributed by atoms with Crippen LogP contribution in [0.15, 0.2) is 24.3 Å². The number of thiazole rings is 1. The highest BCUT2D eigenvalue weighted by Gasteiger charge is 2.32. The third-order valence-corrected chi connectivity index (χ3v) is 5.43. The van der Waals surface area contributed by atoms with E-state index < -0.39 is 5.97 Å². The van der Waals surface area contributed by atoms with E-state index in [2.05, 4.69) is 4.98 Å². The van der Waals surface area contributed by atoms with Gasteiger partial charge in [0.1, 0.15) is 0 Å². The highest BCUT2D eigenvalue weighted by molar-refractivity contribution is 7.17. The smallest absolute Gasteiger partial charge is 0.337 e. The monoisotopic (exact) mass is 373 g/mol. The van der Waals surface area contributed by atoms with Gasteiger partial charge in [-0.25, -0.2) is 14.6 Å². The second-order valence-corrected chi connectivity index (χ2v) is 6.99. The largest absolute Gasteiger partial charge is 0.465 e. The molecule has 2 amide bonds. The molecule has 0 atom stereocenters. The predicted octanol–water partition coefficient (Wildman–Crippen LogP) is 2.88. The highest BCUT2D eigenvalue weighted by Crippen LogP contribution is 2.29. The van der Waals surface area contributed by atoms with E-state index in [0.29, 0.717) is 40.9 Å². The van der Waals surface area contributed by atoms with E-state index in [1.165, 1.54) is 25.4 Å². The molecule has 136 valence electrons. The SMILES string of the molecule is COC(=O)c1cccc(CN2CCN(c3nc(C)c(C(C)=O)s3)C2=O)c1. The van der Waals surface area contributed by atoms with Crippen LogP contribution in [-0.4, -0.2) is 47.9 Å². The van der Waals surface area contributed by atoms with Crippen molar-refractivity contribution < 1.29 is 19.1 Å². The number of aromatic nitrogens is 1. The van der Waals surface area contributed by atoms with Crippen LogP contribution in [0.2, 0.25) is 0 Å². The lowest BCUT2D eigenvalue weighted by Gasteiger charge is -2.17. The number of ether oxygens (including phenoxy) is 1. The van der Waals surface area contributed by atoms with E-state index in [-0.39, 0.29) is 11.8 Å². The minimum atomic E-state index is -0.406. The first-order chi connectivity index (χ1) is 12.4. The Kier molecular flexibility index (Phi) is 5.03. The van der Waals surface area contributed by atoms with Crippen molar-refractivity contribution in [2.24, 2.45) is 0 Å². The Morgan fingerprint density at radius 1 is 1.31 bits per heavy atom. The summed E-state index contributed by atoms with van der Waals surface area (Å²) < 4.78 is 4.73. The number of carbonyl (C=O) groups excluding carboxylic acids is 3. The molecule has 1 aromatic heterocycles. The van der Waals surface area contributed by atoms with Crippen LogP contribution in [0.5, 0.6) is 0 Å². The Morgan fingerprint density at radius 3 is 2.73 bits per heavy atom. The molecule has 1 fully saturated rings. The third kappa shape index (κ3) is 3.45. The molecule has 2 aromatic rings. The molecule has 0 spiro atoms. The summed E-state index contributed by atoms with van der Waals surface area (Å²) in [4.78, 5) is 44.2. The topological polar surface area (TPSA) is 79.8 Å². The Balaban J connectivity index is 1.75. The lowest BCUT2D eigenvalue weighted by Crippen LogP contribution is -2.31. The summed E-state index contributed by atoms with van der Waals surface area (Å²) in [6.07, 6.45) is 0. The molecule has 3 rings (SSSR count). The van der Waals surface area contributed by atoms with Crippen LogP contribution >= 0.6 is 11.3 Å². The van der Waals surface area contributed by atoms with Crippen LogP contribution in [0.4, 0.5) is 9.93 Å². The van der Waals surface area contributed by atoms with Crippen molar-refractivity contribution in [1.29, 1.82) is 0 Å². The number of ketones is 1. The van der Waals surface area contributed by atoms with Crippen molar-refractivity contribution in [1.82, 2.24) is 9.88 Å². The predicted molar refractivity (Wildman–Crippen MR) is 97.8 cm³/mol. The third-order valence-electron chi connectivity index (χ3n) is 4.15. The van der Waals surface area contributed by atoms with Gasteiger partial charge in [-0.05, 0) is 24.6 Å². The van der Waals surface area contributed by atoms with Gasteiger partial charge < -0.3 is 9.64 Å². The molecule has 1 aliphatic heterocycles. The first kappa shape index (κ1) is 18.1. The van der Waals surface area contributed by atoms with Gasteiger partial charge in [0.2, 0.25) is 0 Å². The Morgan fingerprint density at radius 2 is 2.08 bits per heavy atom. The second-order valence-electron chi connectivity index (χ2n) is 6.01. The maximum absolute atomic E-state index is 12.7. The van der Waals surface area contributed by atoms with Gasteiger partial charge >= 0.3 is 12.0 Å². The van der Waals surface area contributed by atoms with E-state index >= 15 is 0 Å². The number of Topliss-reactive ketones (excluding diaryl/α,β-unsaturated/α-hetero) is 1. The molecule has 26 heavy (non-hydrogen) atoms. The Hall–Kier alpha value is -2.74. The Labute approximate surface area is 155 Å². The van der Waals surface area contributed by atoms with E-state index in [9.17, 15) is 14.4 Å². The number of amides is 2. The molecule has 0 radical (unpaired) electrons. The second kappa shape index (κ2) is 7.25. The average molecular weight is 373 g/mol. The first-order valence-electron chi connectivity index (χ1n) is 8.12. The van der Waals surface area contributed by atoms with Crippen LogP contribution in [0.25, 0.3) is 0 Å². The van der Waals surface area contributed by atoms with Gasteiger partial charge in [-0.2, -0.15) is 0 Å². The van der Waals surface area contributed by atoms with Crippen LogP contribution in [0.3, 0.4) is 0 Å². The summed E-state index contributed by atoms with van der Waals surface area (Å²) in [5, 5.41) is 0.545. The van der Waals surface area contributed by atoms with Gasteiger partial charge in [-0.1, -0.05) is 23.5 Å². The Bertz CT molecular complexity index is 877. The molecular weight excluding hydrogens is 354 g/mol. The maximum atomic E-state index is 12.7. The average Bonchev–Trinajstić information content (AvgIpc) is 3.17. The van der Waals surface area contributed by atoms with E-state index in [4.69, 9.17) is 4.74 Å². The molecular formula is C18H19N3O4S. The minimum Gasteiger partial charge on any atom is -0.465 e. The van der Waals surface area contributed by atoms with Crippen molar-refractivity contribution in [2.75, 3.05) is 25.1 Å². The van der Waals surface area contributed by atoms with Crippen LogP contribution in [0, 0.1) is 6.92 Å². The van der Waals surface area contributed by atoms with Crippen LogP contribution in [-0.2, 0) is 11.3 Å². The van der Waals surface area contributed by atoms with Gasteiger partial charge in [-0.3, -0.25) is 9.69 Å². The molecule has 0 unspecified atom stereocenters. The standard InChI is InChI=1S/C18H19N3O4S/c1-11-15(12(2)22)26-17(19-11)21-8-7-20(18(21)24)10-13-5-4-6-14(9-13)16(23)25-3/h4-6,9H,7-8,10H2,1-3H3. The number of hydrogen-bond acceptors (Lipinski definition) is 6. The lowest BCUT2D eigenvalue weighted by atomic mass is 10.1. The number of esters is 1. The molecule has 0 saturated carbocycles. The molecule has 8 heteroatoms. The van der Waals surface area contributed by atoms with Gasteiger partial charge in [0.05, 0.1) is 23.2 Å². The number of hydrogen-bond donors (Lipinski definition) is 0. The molecule has 0 N–H and O–H groups in total. The lowest BCUT2D eigenvalue weighted by molar-refractivity contribution is 0.0600. The summed E-state index contributed by atoms with van der Waals surface area (Å²) in [6, 6.07) is 6.88. The summed E-state index contributed by atoms with van der Waals surface area (Å²) in [6.45, 7) is 4.73. The normalized spacial score (nSPS) is 14.0. The van der Waals surface area contributed by atoms with Gasteiger partial charge in [0, 0.05) is 26.6 Å². The summed E-state index contributed by atoms with van der Waals surface area (Å²) in [7, 11) is 1.34. The molecule has 7 nitrogen and oxygen atoms in total. The van der Waals surface area contributed by atoms with E-state index in [1.807, 2.05) is 6.07 Å². The zero-order valence-electron chi connectivity index (χ0n) is 14.8. The van der Waals surface area contributed by atoms with Crippen molar-refractivity contribution in [3.8, 4) is 0 Å². The number of urea groups is 1. The number of anilines is 1. The number of carbonyl (C=O) groups is 3. The fourth-order valence-corrected chi connectivity index (χ4v) is 3.85. The first-order valence-corrected chi connectivity index (χ1v) is 8.94. The fraction of sp³-hybridized carbons (Fsp3) is 0.333. The number of nitrogens with zero attached hydrogens (tertiary/aromatic N) is 3. The molecule has 1 aromatic carbocycles. The van der Waals surface area contributed by atoms with Crippen molar-refractivity contribution in [3.63, 3.8) is 0 Å². The zero-order valence-corrected chi connectivity index (χ0v) is 15.6.